The number of hydrogen-bond donors (Lipinski definition) is 2. The van der Waals surface area contributed by atoms with E-state index in [1.807, 2.05) is 0 Å². The molecule has 2 aliphatic carbocycles. The Labute approximate surface area is 158 Å². The summed E-state index contributed by atoms with van der Waals surface area (Å²) < 4.78 is 0. The second kappa shape index (κ2) is 7.41. The van der Waals surface area contributed by atoms with Gasteiger partial charge in [-0.25, -0.2) is 0 Å². The molecule has 2 fully saturated rings. The van der Waals surface area contributed by atoms with Crippen LogP contribution in [0.15, 0.2) is 23.3 Å². The van der Waals surface area contributed by atoms with Crippen LogP contribution in [0.3, 0.4) is 0 Å². The van der Waals surface area contributed by atoms with Gasteiger partial charge in [-0.05, 0) is 81.5 Å². The molecule has 27 heavy (non-hydrogen) atoms. The topological polar surface area (TPSA) is 92.3 Å². The first-order chi connectivity index (χ1) is 13.0. The molecule has 0 spiro atoms. The quantitative estimate of drug-likeness (QED) is 0.742. The van der Waals surface area contributed by atoms with Crippen LogP contribution in [-0.4, -0.2) is 23.6 Å². The zero-order valence-corrected chi connectivity index (χ0v) is 15.5. The van der Waals surface area contributed by atoms with Crippen molar-refractivity contribution in [1.29, 1.82) is 0 Å². The summed E-state index contributed by atoms with van der Waals surface area (Å²) in [4.78, 5) is 46.3. The average molecular weight is 370 g/mol. The first-order valence-electron chi connectivity index (χ1n) is 10.1. The number of carbonyl (C=O) groups excluding carboxylic acids is 4. The van der Waals surface area contributed by atoms with Crippen molar-refractivity contribution in [2.24, 2.45) is 23.7 Å². The van der Waals surface area contributed by atoms with Crippen molar-refractivity contribution >= 4 is 23.6 Å². The smallest absolute Gasteiger partial charge is 0.254 e. The van der Waals surface area contributed by atoms with E-state index in [9.17, 15) is 19.2 Å². The van der Waals surface area contributed by atoms with Gasteiger partial charge in [0, 0.05) is 23.3 Å². The fourth-order valence-corrected chi connectivity index (χ4v) is 5.35. The fourth-order valence-electron chi connectivity index (χ4n) is 5.35. The summed E-state index contributed by atoms with van der Waals surface area (Å²) in [6.07, 6.45) is 12.6. The summed E-state index contributed by atoms with van der Waals surface area (Å²) in [5, 5.41) is 4.70. The van der Waals surface area contributed by atoms with E-state index in [1.54, 1.807) is 0 Å². The molecule has 4 rings (SSSR count). The van der Waals surface area contributed by atoms with Crippen LogP contribution in [0.4, 0.5) is 0 Å². The van der Waals surface area contributed by atoms with Gasteiger partial charge in [0.25, 0.3) is 23.6 Å². The number of carbonyl (C=O) groups is 4. The van der Waals surface area contributed by atoms with Crippen LogP contribution in [-0.2, 0) is 19.2 Å². The number of amides is 4. The standard InChI is InChI=1S/C21H26N2O4/c24-18-10-16(20(26)22-18)14-5-1-12(2-6-14)9-13-3-7-15(8-4-13)17-11-19(25)23-21(17)27/h10-15H,1-9H2,(H,22,24,26)(H,23,25,27). The fraction of sp³-hybridized carbons (Fsp3) is 0.619. The van der Waals surface area contributed by atoms with Crippen molar-refractivity contribution in [3.05, 3.63) is 23.3 Å². The third-order valence-corrected chi connectivity index (χ3v) is 6.81. The molecule has 6 heteroatoms. The largest absolute Gasteiger partial charge is 0.289 e. The predicted octanol–water partition coefficient (Wildman–Crippen LogP) is 2.15. The summed E-state index contributed by atoms with van der Waals surface area (Å²) in [7, 11) is 0. The van der Waals surface area contributed by atoms with E-state index >= 15 is 0 Å². The van der Waals surface area contributed by atoms with Crippen molar-refractivity contribution in [2.45, 2.75) is 57.8 Å². The van der Waals surface area contributed by atoms with Gasteiger partial charge in [-0.2, -0.15) is 0 Å². The van der Waals surface area contributed by atoms with Gasteiger partial charge in [0.15, 0.2) is 0 Å². The Morgan fingerprint density at radius 3 is 1.30 bits per heavy atom. The zero-order valence-electron chi connectivity index (χ0n) is 15.5. The van der Waals surface area contributed by atoms with Crippen LogP contribution >= 0.6 is 0 Å². The van der Waals surface area contributed by atoms with E-state index in [-0.39, 0.29) is 35.5 Å². The summed E-state index contributed by atoms with van der Waals surface area (Å²) in [5.41, 5.74) is 1.35. The molecule has 4 aliphatic rings. The molecule has 0 aromatic rings. The maximum Gasteiger partial charge on any atom is 0.254 e. The number of imide groups is 2. The average Bonchev–Trinajstić information content (AvgIpc) is 3.16. The molecule has 144 valence electrons. The van der Waals surface area contributed by atoms with Gasteiger partial charge in [0.2, 0.25) is 0 Å². The highest BCUT2D eigenvalue weighted by Crippen LogP contribution is 2.41. The highest BCUT2D eigenvalue weighted by Gasteiger charge is 2.34. The second-order valence-corrected chi connectivity index (χ2v) is 8.51. The van der Waals surface area contributed by atoms with E-state index in [2.05, 4.69) is 10.6 Å². The number of rotatable bonds is 4. The zero-order chi connectivity index (χ0) is 19.0. The third kappa shape index (κ3) is 3.89. The maximum absolute atomic E-state index is 11.8. The van der Waals surface area contributed by atoms with E-state index in [0.717, 1.165) is 51.4 Å². The Morgan fingerprint density at radius 2 is 1.00 bits per heavy atom. The van der Waals surface area contributed by atoms with Gasteiger partial charge in [-0.3, -0.25) is 29.8 Å². The first-order valence-corrected chi connectivity index (χ1v) is 10.1. The van der Waals surface area contributed by atoms with E-state index in [4.69, 9.17) is 0 Å². The van der Waals surface area contributed by atoms with Crippen molar-refractivity contribution in [3.8, 4) is 0 Å². The van der Waals surface area contributed by atoms with Crippen LogP contribution in [0.5, 0.6) is 0 Å². The molecular formula is C21H26N2O4. The van der Waals surface area contributed by atoms with Gasteiger partial charge in [0.05, 0.1) is 0 Å². The summed E-state index contributed by atoms with van der Waals surface area (Å²) in [5.74, 6) is 0.889. The minimum atomic E-state index is -0.276. The van der Waals surface area contributed by atoms with E-state index < -0.39 is 0 Å². The van der Waals surface area contributed by atoms with Gasteiger partial charge < -0.3 is 0 Å². The minimum absolute atomic E-state index is 0.203. The molecule has 2 aliphatic heterocycles. The first kappa shape index (κ1) is 18.1. The molecule has 0 radical (unpaired) electrons. The molecule has 0 atom stereocenters. The molecule has 2 heterocycles. The van der Waals surface area contributed by atoms with Crippen LogP contribution in [0, 0.1) is 23.7 Å². The maximum atomic E-state index is 11.8. The van der Waals surface area contributed by atoms with Crippen LogP contribution in [0.2, 0.25) is 0 Å². The lowest BCUT2D eigenvalue weighted by Crippen LogP contribution is -2.27. The number of nitrogens with one attached hydrogen (secondary N) is 2. The Hall–Kier alpha value is -2.24. The Bertz CT molecular complexity index is 673. The molecule has 0 bridgehead atoms. The molecule has 4 amide bonds. The van der Waals surface area contributed by atoms with Crippen molar-refractivity contribution in [1.82, 2.24) is 10.6 Å². The van der Waals surface area contributed by atoms with Gasteiger partial charge in [-0.15, -0.1) is 0 Å². The molecule has 2 saturated carbocycles. The highest BCUT2D eigenvalue weighted by molar-refractivity contribution is 6.17. The normalized spacial score (nSPS) is 34.2. The number of hydrogen-bond acceptors (Lipinski definition) is 4. The Morgan fingerprint density at radius 1 is 0.630 bits per heavy atom. The second-order valence-electron chi connectivity index (χ2n) is 8.51. The predicted molar refractivity (Wildman–Crippen MR) is 98.0 cm³/mol. The molecule has 2 N–H and O–H groups in total. The van der Waals surface area contributed by atoms with Gasteiger partial charge in [-0.1, -0.05) is 0 Å². The lowest BCUT2D eigenvalue weighted by atomic mass is 9.71. The molecule has 0 aromatic carbocycles. The van der Waals surface area contributed by atoms with Crippen LogP contribution in [0.1, 0.15) is 57.8 Å². The summed E-state index contributed by atoms with van der Waals surface area (Å²) >= 11 is 0. The SMILES string of the molecule is O=C1C=C(C2CCC(CC3CCC(C4=CC(=O)NC4=O)CC3)CC2)C(=O)N1. The van der Waals surface area contributed by atoms with E-state index in [1.165, 1.54) is 18.6 Å². The van der Waals surface area contributed by atoms with Crippen molar-refractivity contribution < 1.29 is 19.2 Å². The summed E-state index contributed by atoms with van der Waals surface area (Å²) in [6.45, 7) is 0. The molecule has 0 saturated heterocycles. The third-order valence-electron chi connectivity index (χ3n) is 6.81. The molecule has 0 aromatic heterocycles. The lowest BCUT2D eigenvalue weighted by molar-refractivity contribution is -0.125. The summed E-state index contributed by atoms with van der Waals surface area (Å²) in [6, 6.07) is 0. The molecular weight excluding hydrogens is 344 g/mol. The lowest BCUT2D eigenvalue weighted by Gasteiger charge is -2.34. The molecule has 6 nitrogen and oxygen atoms in total. The Balaban J connectivity index is 1.23. The minimum Gasteiger partial charge on any atom is -0.289 e. The van der Waals surface area contributed by atoms with Crippen LogP contribution in [0.25, 0.3) is 0 Å². The monoisotopic (exact) mass is 370 g/mol. The Kier molecular flexibility index (Phi) is 4.98. The molecule has 0 unspecified atom stereocenters. The highest BCUT2D eigenvalue weighted by atomic mass is 16.2. The van der Waals surface area contributed by atoms with Crippen molar-refractivity contribution in [3.63, 3.8) is 0 Å². The van der Waals surface area contributed by atoms with Crippen LogP contribution < -0.4 is 10.6 Å². The van der Waals surface area contributed by atoms with Crippen molar-refractivity contribution in [2.75, 3.05) is 0 Å². The van der Waals surface area contributed by atoms with E-state index in [0.29, 0.717) is 23.0 Å². The van der Waals surface area contributed by atoms with Gasteiger partial charge in [0.1, 0.15) is 0 Å². The van der Waals surface area contributed by atoms with Gasteiger partial charge >= 0.3 is 0 Å².